The van der Waals surface area contributed by atoms with E-state index >= 15 is 0 Å². The molecular weight excluding hydrogens is 408 g/mol. The van der Waals surface area contributed by atoms with E-state index in [1.54, 1.807) is 24.1 Å². The summed E-state index contributed by atoms with van der Waals surface area (Å²) in [6.07, 6.45) is 2.95. The van der Waals surface area contributed by atoms with Crippen LogP contribution in [0.5, 0.6) is 5.75 Å². The Kier molecular flexibility index (Phi) is 7.87. The molecule has 0 saturated carbocycles. The van der Waals surface area contributed by atoms with Crippen LogP contribution in [0.4, 0.5) is 11.6 Å². The third-order valence-corrected chi connectivity index (χ3v) is 5.55. The lowest BCUT2D eigenvalue weighted by Crippen LogP contribution is -2.54. The SMILES string of the molecule is CNc1cc(N2CCC[C@](O)(CN(C)C(=O)c3cccc(OCCN(C)C)c3)C2)ncn1. The second-order valence-corrected chi connectivity index (χ2v) is 8.60. The van der Waals surface area contributed by atoms with Gasteiger partial charge in [0.05, 0.1) is 12.1 Å². The van der Waals surface area contributed by atoms with Gasteiger partial charge in [0.2, 0.25) is 0 Å². The van der Waals surface area contributed by atoms with Crippen LogP contribution in [0.2, 0.25) is 0 Å². The van der Waals surface area contributed by atoms with Crippen molar-refractivity contribution in [3.8, 4) is 5.75 Å². The minimum atomic E-state index is -1.02. The first-order chi connectivity index (χ1) is 15.3. The Morgan fingerprint density at radius 3 is 2.84 bits per heavy atom. The Morgan fingerprint density at radius 2 is 2.09 bits per heavy atom. The van der Waals surface area contributed by atoms with Crippen molar-refractivity contribution in [2.75, 3.05) is 71.2 Å². The predicted octanol–water partition coefficient (Wildman–Crippen LogP) is 1.56. The molecule has 0 aliphatic carbocycles. The van der Waals surface area contributed by atoms with Crippen molar-refractivity contribution >= 4 is 17.5 Å². The number of piperidine rings is 1. The van der Waals surface area contributed by atoms with Crippen LogP contribution >= 0.6 is 0 Å². The van der Waals surface area contributed by atoms with Crippen LogP contribution in [0.25, 0.3) is 0 Å². The van der Waals surface area contributed by atoms with Gasteiger partial charge in [-0.2, -0.15) is 0 Å². The topological polar surface area (TPSA) is 94.1 Å². The highest BCUT2D eigenvalue weighted by molar-refractivity contribution is 5.94. The molecule has 2 N–H and O–H groups in total. The molecule has 174 valence electrons. The standard InChI is InChI=1S/C23H34N6O3/c1-24-20-14-21(26-17-25-20)29-10-6-9-23(31,16-29)15-28(4)22(30)18-7-5-8-19(13-18)32-12-11-27(2)3/h5,7-8,13-14,17,31H,6,9-12,15-16H2,1-4H3,(H,24,25,26)/t23-/m0/s1. The van der Waals surface area contributed by atoms with E-state index in [-0.39, 0.29) is 12.5 Å². The van der Waals surface area contributed by atoms with Crippen LogP contribution in [0.3, 0.4) is 0 Å². The molecule has 0 radical (unpaired) electrons. The number of benzene rings is 1. The van der Waals surface area contributed by atoms with Crippen molar-refractivity contribution in [2.24, 2.45) is 0 Å². The number of amides is 1. The summed E-state index contributed by atoms with van der Waals surface area (Å²) in [6, 6.07) is 9.06. The van der Waals surface area contributed by atoms with Gasteiger partial charge in [0.15, 0.2) is 0 Å². The number of nitrogens with one attached hydrogen (secondary N) is 1. The number of carbonyl (C=O) groups excluding carboxylic acids is 1. The fourth-order valence-electron chi connectivity index (χ4n) is 3.89. The Labute approximate surface area is 190 Å². The normalized spacial score (nSPS) is 18.5. The number of ether oxygens (including phenoxy) is 1. The summed E-state index contributed by atoms with van der Waals surface area (Å²) in [4.78, 5) is 27.2. The smallest absolute Gasteiger partial charge is 0.253 e. The van der Waals surface area contributed by atoms with Gasteiger partial charge < -0.3 is 29.9 Å². The first kappa shape index (κ1) is 23.7. The first-order valence-electron chi connectivity index (χ1n) is 10.9. The van der Waals surface area contributed by atoms with Gasteiger partial charge >= 0.3 is 0 Å². The van der Waals surface area contributed by atoms with Crippen LogP contribution in [0.1, 0.15) is 23.2 Å². The molecule has 1 aliphatic heterocycles. The molecule has 1 atom stereocenters. The van der Waals surface area contributed by atoms with Crippen LogP contribution in [0, 0.1) is 0 Å². The van der Waals surface area contributed by atoms with Crippen molar-refractivity contribution in [1.29, 1.82) is 0 Å². The number of carbonyl (C=O) groups is 1. The maximum absolute atomic E-state index is 13.0. The molecular formula is C23H34N6O3. The van der Waals surface area contributed by atoms with Gasteiger partial charge in [0, 0.05) is 45.4 Å². The number of hydrogen-bond acceptors (Lipinski definition) is 8. The number of β-amino-alcohol motifs (C(OH)–C–C–N with tert-alkyl or cyclic N) is 1. The van der Waals surface area contributed by atoms with Gasteiger partial charge in [-0.3, -0.25) is 4.79 Å². The lowest BCUT2D eigenvalue weighted by molar-refractivity contribution is -0.000140. The molecule has 0 spiro atoms. The van der Waals surface area contributed by atoms with Crippen molar-refractivity contribution < 1.29 is 14.6 Å². The van der Waals surface area contributed by atoms with Crippen molar-refractivity contribution in [1.82, 2.24) is 19.8 Å². The number of anilines is 2. The first-order valence-corrected chi connectivity index (χ1v) is 10.9. The zero-order valence-electron chi connectivity index (χ0n) is 19.4. The summed E-state index contributed by atoms with van der Waals surface area (Å²) in [6.45, 7) is 2.78. The van der Waals surface area contributed by atoms with Crippen LogP contribution in [-0.4, -0.2) is 97.4 Å². The summed E-state index contributed by atoms with van der Waals surface area (Å²) in [5.41, 5.74) is -0.478. The summed E-state index contributed by atoms with van der Waals surface area (Å²) in [5, 5.41) is 14.3. The molecule has 1 aromatic carbocycles. The summed E-state index contributed by atoms with van der Waals surface area (Å²) in [7, 11) is 7.50. The number of rotatable bonds is 9. The van der Waals surface area contributed by atoms with Crippen molar-refractivity contribution in [2.45, 2.75) is 18.4 Å². The number of hydrogen-bond donors (Lipinski definition) is 2. The molecule has 0 unspecified atom stereocenters. The van der Waals surface area contributed by atoms with Gasteiger partial charge in [-0.1, -0.05) is 6.07 Å². The van der Waals surface area contributed by atoms with Gasteiger partial charge in [-0.05, 0) is 45.1 Å². The van der Waals surface area contributed by atoms with E-state index in [0.717, 1.165) is 31.1 Å². The molecule has 1 fully saturated rings. The molecule has 2 aromatic rings. The van der Waals surface area contributed by atoms with E-state index in [0.29, 0.717) is 30.9 Å². The lowest BCUT2D eigenvalue weighted by atomic mass is 9.92. The largest absolute Gasteiger partial charge is 0.492 e. The second kappa shape index (κ2) is 10.6. The third-order valence-electron chi connectivity index (χ3n) is 5.55. The van der Waals surface area contributed by atoms with Gasteiger partial charge in [-0.25, -0.2) is 9.97 Å². The molecule has 1 aliphatic rings. The zero-order chi connectivity index (χ0) is 23.1. The second-order valence-electron chi connectivity index (χ2n) is 8.60. The van der Waals surface area contributed by atoms with Gasteiger partial charge in [0.1, 0.15) is 30.3 Å². The highest BCUT2D eigenvalue weighted by atomic mass is 16.5. The van der Waals surface area contributed by atoms with Crippen LogP contribution < -0.4 is 15.0 Å². The molecule has 32 heavy (non-hydrogen) atoms. The van der Waals surface area contributed by atoms with Crippen LogP contribution in [0.15, 0.2) is 36.7 Å². The van der Waals surface area contributed by atoms with E-state index in [1.165, 1.54) is 6.33 Å². The summed E-state index contributed by atoms with van der Waals surface area (Å²) in [5.74, 6) is 2.01. The molecule has 1 aromatic heterocycles. The fraction of sp³-hybridized carbons (Fsp3) is 0.522. The molecule has 0 bridgehead atoms. The Balaban J connectivity index is 1.63. The minimum Gasteiger partial charge on any atom is -0.492 e. The average Bonchev–Trinajstić information content (AvgIpc) is 2.78. The zero-order valence-corrected chi connectivity index (χ0v) is 19.4. The lowest BCUT2D eigenvalue weighted by Gasteiger charge is -2.41. The van der Waals surface area contributed by atoms with Crippen LogP contribution in [-0.2, 0) is 0 Å². The Bertz CT molecular complexity index is 909. The number of aromatic nitrogens is 2. The van der Waals surface area contributed by atoms with E-state index < -0.39 is 5.60 Å². The summed E-state index contributed by atoms with van der Waals surface area (Å²) < 4.78 is 5.75. The molecule has 2 heterocycles. The van der Waals surface area contributed by atoms with E-state index in [9.17, 15) is 9.90 Å². The highest BCUT2D eigenvalue weighted by Crippen LogP contribution is 2.27. The number of aliphatic hydroxyl groups is 1. The van der Waals surface area contributed by atoms with Crippen molar-refractivity contribution in [3.63, 3.8) is 0 Å². The van der Waals surface area contributed by atoms with Gasteiger partial charge in [0.25, 0.3) is 5.91 Å². The Morgan fingerprint density at radius 1 is 1.28 bits per heavy atom. The minimum absolute atomic E-state index is 0.145. The quantitative estimate of drug-likeness (QED) is 0.604. The maximum Gasteiger partial charge on any atom is 0.253 e. The molecule has 9 nitrogen and oxygen atoms in total. The van der Waals surface area contributed by atoms with Gasteiger partial charge in [-0.15, -0.1) is 0 Å². The number of likely N-dealkylation sites (N-methyl/N-ethyl adjacent to an activating group) is 2. The molecule has 3 rings (SSSR count). The van der Waals surface area contributed by atoms with E-state index in [2.05, 4.69) is 15.3 Å². The average molecular weight is 443 g/mol. The molecule has 1 amide bonds. The van der Waals surface area contributed by atoms with Crippen molar-refractivity contribution in [3.05, 3.63) is 42.2 Å². The predicted molar refractivity (Wildman–Crippen MR) is 125 cm³/mol. The molecule has 1 saturated heterocycles. The highest BCUT2D eigenvalue weighted by Gasteiger charge is 2.36. The summed E-state index contributed by atoms with van der Waals surface area (Å²) >= 11 is 0. The van der Waals surface area contributed by atoms with E-state index in [4.69, 9.17) is 4.74 Å². The fourth-order valence-corrected chi connectivity index (χ4v) is 3.89. The Hall–Kier alpha value is -2.91. The molecule has 9 heteroatoms. The monoisotopic (exact) mass is 442 g/mol. The third kappa shape index (κ3) is 6.30. The van der Waals surface area contributed by atoms with E-state index in [1.807, 2.05) is 49.1 Å². The number of nitrogens with zero attached hydrogens (tertiary/aromatic N) is 5. The maximum atomic E-state index is 13.0.